The van der Waals surface area contributed by atoms with Gasteiger partial charge < -0.3 is 5.73 Å². The minimum atomic E-state index is 0.444. The third kappa shape index (κ3) is 3.39. The predicted molar refractivity (Wildman–Crippen MR) is 76.2 cm³/mol. The van der Waals surface area contributed by atoms with Crippen LogP contribution in [0.25, 0.3) is 0 Å². The number of likely N-dealkylation sites (N-methyl/N-ethyl adjacent to an activating group) is 1. The fourth-order valence-electron chi connectivity index (χ4n) is 3.10. The molecule has 2 N–H and O–H groups in total. The molecule has 1 aliphatic carbocycles. The first-order valence-electron chi connectivity index (χ1n) is 6.79. The molecule has 0 aromatic carbocycles. The number of rotatable bonds is 5. The van der Waals surface area contributed by atoms with Gasteiger partial charge in [0.25, 0.3) is 0 Å². The Balaban J connectivity index is 1.83. The van der Waals surface area contributed by atoms with Gasteiger partial charge in [-0.1, -0.05) is 19.1 Å². The quantitative estimate of drug-likeness (QED) is 0.754. The molecule has 98 valence electrons. The largest absolute Gasteiger partial charge is 0.393 e. The van der Waals surface area contributed by atoms with Crippen molar-refractivity contribution >= 4 is 17.2 Å². The molecular weight excluding hydrogens is 230 g/mol. The van der Waals surface area contributed by atoms with Crippen LogP contribution in [0.15, 0.2) is 0 Å². The van der Waals surface area contributed by atoms with E-state index in [9.17, 15) is 0 Å². The molecule has 1 aliphatic heterocycles. The van der Waals surface area contributed by atoms with E-state index in [0.717, 1.165) is 6.42 Å². The van der Waals surface area contributed by atoms with Crippen molar-refractivity contribution in [2.45, 2.75) is 39.2 Å². The van der Waals surface area contributed by atoms with Crippen molar-refractivity contribution in [1.82, 2.24) is 9.80 Å². The summed E-state index contributed by atoms with van der Waals surface area (Å²) in [7, 11) is 0. The van der Waals surface area contributed by atoms with E-state index in [0.29, 0.717) is 16.4 Å². The Morgan fingerprint density at radius 1 is 1.41 bits per heavy atom. The lowest BCUT2D eigenvalue weighted by molar-refractivity contribution is 0.0746. The van der Waals surface area contributed by atoms with E-state index in [1.807, 2.05) is 0 Å². The zero-order chi connectivity index (χ0) is 12.5. The predicted octanol–water partition coefficient (Wildman–Crippen LogP) is 1.47. The maximum atomic E-state index is 5.70. The van der Waals surface area contributed by atoms with E-state index in [1.54, 1.807) is 0 Å². The molecule has 1 heterocycles. The van der Waals surface area contributed by atoms with Crippen LogP contribution in [0.3, 0.4) is 0 Å². The van der Waals surface area contributed by atoms with E-state index >= 15 is 0 Å². The van der Waals surface area contributed by atoms with Crippen LogP contribution < -0.4 is 5.73 Å². The third-order valence-corrected chi connectivity index (χ3v) is 4.47. The lowest BCUT2D eigenvalue weighted by atomic mass is 10.0. The van der Waals surface area contributed by atoms with E-state index in [2.05, 4.69) is 23.6 Å². The summed E-state index contributed by atoms with van der Waals surface area (Å²) in [6, 6.07) is 0.689. The standard InChI is InChI=1S/C13H25N3S/c1-3-16-7-6-15(9-11(16)2)10-13(4-5-13)8-12(14)17/h11H,3-10H2,1-2H3,(H2,14,17). The van der Waals surface area contributed by atoms with Crippen molar-refractivity contribution in [3.05, 3.63) is 0 Å². The lowest BCUT2D eigenvalue weighted by Crippen LogP contribution is -2.52. The fourth-order valence-corrected chi connectivity index (χ4v) is 3.40. The molecule has 4 heteroatoms. The molecule has 1 saturated carbocycles. The Bertz CT molecular complexity index is 288. The molecule has 0 aromatic heterocycles. The van der Waals surface area contributed by atoms with Crippen LogP contribution in [0.4, 0.5) is 0 Å². The number of nitrogens with zero attached hydrogens (tertiary/aromatic N) is 2. The van der Waals surface area contributed by atoms with Crippen LogP contribution in [-0.4, -0.2) is 53.6 Å². The number of piperazine rings is 1. The number of thiocarbonyl (C=S) groups is 1. The molecule has 1 atom stereocenters. The maximum Gasteiger partial charge on any atom is 0.0733 e. The van der Waals surface area contributed by atoms with Crippen LogP contribution in [0.5, 0.6) is 0 Å². The minimum Gasteiger partial charge on any atom is -0.393 e. The van der Waals surface area contributed by atoms with Gasteiger partial charge in [-0.25, -0.2) is 0 Å². The molecule has 0 amide bonds. The first-order chi connectivity index (χ1) is 8.04. The molecule has 3 nitrogen and oxygen atoms in total. The molecule has 0 aromatic rings. The van der Waals surface area contributed by atoms with Gasteiger partial charge in [-0.05, 0) is 31.7 Å². The van der Waals surface area contributed by atoms with Gasteiger partial charge in [0.2, 0.25) is 0 Å². The second-order valence-corrected chi connectivity index (χ2v) is 6.38. The Morgan fingerprint density at radius 3 is 2.59 bits per heavy atom. The van der Waals surface area contributed by atoms with E-state index < -0.39 is 0 Å². The monoisotopic (exact) mass is 255 g/mol. The Hall–Kier alpha value is -0.190. The molecule has 17 heavy (non-hydrogen) atoms. The maximum absolute atomic E-state index is 5.70. The van der Waals surface area contributed by atoms with Gasteiger partial charge in [0, 0.05) is 38.6 Å². The Kier molecular flexibility index (Phi) is 4.06. The lowest BCUT2D eigenvalue weighted by Gasteiger charge is -2.40. The molecular formula is C13H25N3S. The zero-order valence-corrected chi connectivity index (χ0v) is 11.9. The van der Waals surface area contributed by atoms with E-state index in [-0.39, 0.29) is 0 Å². The number of nitrogens with two attached hydrogens (primary N) is 1. The van der Waals surface area contributed by atoms with Gasteiger partial charge >= 0.3 is 0 Å². The number of hydrogen-bond acceptors (Lipinski definition) is 3. The highest BCUT2D eigenvalue weighted by molar-refractivity contribution is 7.80. The Morgan fingerprint density at radius 2 is 2.12 bits per heavy atom. The highest BCUT2D eigenvalue weighted by atomic mass is 32.1. The van der Waals surface area contributed by atoms with Crippen LogP contribution >= 0.6 is 12.2 Å². The van der Waals surface area contributed by atoms with Crippen molar-refractivity contribution in [1.29, 1.82) is 0 Å². The summed E-state index contributed by atoms with van der Waals surface area (Å²) in [5, 5.41) is 0. The van der Waals surface area contributed by atoms with E-state index in [4.69, 9.17) is 18.0 Å². The van der Waals surface area contributed by atoms with Gasteiger partial charge in [-0.3, -0.25) is 9.80 Å². The SMILES string of the molecule is CCN1CCN(CC2(CC(N)=S)CC2)CC1C. The first-order valence-corrected chi connectivity index (χ1v) is 7.20. The van der Waals surface area contributed by atoms with Gasteiger partial charge in [0.15, 0.2) is 0 Å². The molecule has 2 aliphatic rings. The van der Waals surface area contributed by atoms with Crippen molar-refractivity contribution in [2.75, 3.05) is 32.7 Å². The van der Waals surface area contributed by atoms with Crippen molar-refractivity contribution in [3.8, 4) is 0 Å². The summed E-state index contributed by atoms with van der Waals surface area (Å²) in [5.41, 5.74) is 6.14. The highest BCUT2D eigenvalue weighted by Gasteiger charge is 2.44. The van der Waals surface area contributed by atoms with Gasteiger partial charge in [-0.15, -0.1) is 0 Å². The fraction of sp³-hybridized carbons (Fsp3) is 0.923. The van der Waals surface area contributed by atoms with Crippen LogP contribution in [0.2, 0.25) is 0 Å². The second kappa shape index (κ2) is 5.21. The normalized spacial score (nSPS) is 29.2. The summed E-state index contributed by atoms with van der Waals surface area (Å²) in [5.74, 6) is 0. The van der Waals surface area contributed by atoms with Gasteiger partial charge in [0.05, 0.1) is 4.99 Å². The average Bonchev–Trinajstić information content (AvgIpc) is 2.97. The number of hydrogen-bond donors (Lipinski definition) is 1. The van der Waals surface area contributed by atoms with Crippen molar-refractivity contribution in [3.63, 3.8) is 0 Å². The molecule has 0 spiro atoms. The second-order valence-electron chi connectivity index (χ2n) is 5.86. The minimum absolute atomic E-state index is 0.444. The van der Waals surface area contributed by atoms with Gasteiger partial charge in [-0.2, -0.15) is 0 Å². The molecule has 2 fully saturated rings. The molecule has 2 rings (SSSR count). The molecule has 0 bridgehead atoms. The first kappa shape index (κ1) is 13.2. The van der Waals surface area contributed by atoms with Gasteiger partial charge in [0.1, 0.15) is 0 Å². The van der Waals surface area contributed by atoms with Crippen molar-refractivity contribution < 1.29 is 0 Å². The highest BCUT2D eigenvalue weighted by Crippen LogP contribution is 2.49. The summed E-state index contributed by atoms with van der Waals surface area (Å²) in [6.07, 6.45) is 3.57. The van der Waals surface area contributed by atoms with Crippen LogP contribution in [-0.2, 0) is 0 Å². The molecule has 1 unspecified atom stereocenters. The smallest absolute Gasteiger partial charge is 0.0733 e. The third-order valence-electron chi connectivity index (χ3n) is 4.32. The summed E-state index contributed by atoms with van der Waals surface area (Å²) in [4.78, 5) is 5.87. The van der Waals surface area contributed by atoms with E-state index in [1.165, 1.54) is 45.6 Å². The summed E-state index contributed by atoms with van der Waals surface area (Å²) < 4.78 is 0. The zero-order valence-electron chi connectivity index (χ0n) is 11.1. The van der Waals surface area contributed by atoms with Crippen molar-refractivity contribution in [2.24, 2.45) is 11.1 Å². The molecule has 0 radical (unpaired) electrons. The average molecular weight is 255 g/mol. The summed E-state index contributed by atoms with van der Waals surface area (Å²) in [6.45, 7) is 10.6. The topological polar surface area (TPSA) is 32.5 Å². The Labute approximate surface area is 110 Å². The molecule has 1 saturated heterocycles. The van der Waals surface area contributed by atoms with Crippen LogP contribution in [0.1, 0.15) is 33.1 Å². The van der Waals surface area contributed by atoms with Crippen LogP contribution in [0, 0.1) is 5.41 Å². The summed E-state index contributed by atoms with van der Waals surface area (Å²) >= 11 is 5.06.